The summed E-state index contributed by atoms with van der Waals surface area (Å²) >= 11 is 0. The second kappa shape index (κ2) is 3.91. The van der Waals surface area contributed by atoms with Gasteiger partial charge in [0.25, 0.3) is 0 Å². The van der Waals surface area contributed by atoms with Crippen LogP contribution in [0.15, 0.2) is 0 Å². The number of carbonyl (C=O) groups is 1. The lowest BCUT2D eigenvalue weighted by Crippen LogP contribution is -2.27. The molecule has 1 unspecified atom stereocenters. The van der Waals surface area contributed by atoms with Gasteiger partial charge in [0.2, 0.25) is 0 Å². The largest absolute Gasteiger partial charge is 0.303 e. The van der Waals surface area contributed by atoms with Crippen LogP contribution >= 0.6 is 0 Å². The highest BCUT2D eigenvalue weighted by Crippen LogP contribution is 2.27. The standard InChI is InChI=1S/C8H18OSi/c1-5-8(6-7-9)10(2,3)4/h7-8H,5-6H2,1-4H3. The summed E-state index contributed by atoms with van der Waals surface area (Å²) in [5, 5.41) is 0. The molecule has 0 saturated heterocycles. The zero-order valence-electron chi connectivity index (χ0n) is 7.48. The van der Waals surface area contributed by atoms with E-state index in [-0.39, 0.29) is 0 Å². The third-order valence-corrected chi connectivity index (χ3v) is 5.19. The highest BCUT2D eigenvalue weighted by Gasteiger charge is 2.23. The third-order valence-electron chi connectivity index (χ3n) is 2.10. The van der Waals surface area contributed by atoms with Crippen molar-refractivity contribution in [2.24, 2.45) is 0 Å². The molecule has 0 aromatic rings. The summed E-state index contributed by atoms with van der Waals surface area (Å²) in [7, 11) is -1.04. The minimum atomic E-state index is -1.04. The Morgan fingerprint density at radius 2 is 1.90 bits per heavy atom. The van der Waals surface area contributed by atoms with Gasteiger partial charge in [-0.3, -0.25) is 0 Å². The van der Waals surface area contributed by atoms with E-state index < -0.39 is 8.07 Å². The van der Waals surface area contributed by atoms with E-state index in [1.165, 1.54) is 0 Å². The molecule has 0 fully saturated rings. The first kappa shape index (κ1) is 9.89. The van der Waals surface area contributed by atoms with Gasteiger partial charge < -0.3 is 4.79 Å². The maximum absolute atomic E-state index is 10.2. The Labute approximate surface area is 64.8 Å². The van der Waals surface area contributed by atoms with Crippen LogP contribution in [0.3, 0.4) is 0 Å². The smallest absolute Gasteiger partial charge is 0.119 e. The zero-order chi connectivity index (χ0) is 8.20. The predicted octanol–water partition coefficient (Wildman–Crippen LogP) is 2.69. The molecular weight excluding hydrogens is 140 g/mol. The number of aldehydes is 1. The molecule has 0 aliphatic carbocycles. The van der Waals surface area contributed by atoms with Crippen molar-refractivity contribution in [1.29, 1.82) is 0 Å². The first-order valence-electron chi connectivity index (χ1n) is 3.96. The van der Waals surface area contributed by atoms with Crippen molar-refractivity contribution in [2.75, 3.05) is 0 Å². The molecule has 0 saturated carbocycles. The van der Waals surface area contributed by atoms with Crippen LogP contribution in [0.4, 0.5) is 0 Å². The lowest BCUT2D eigenvalue weighted by molar-refractivity contribution is -0.107. The highest BCUT2D eigenvalue weighted by molar-refractivity contribution is 6.77. The van der Waals surface area contributed by atoms with E-state index in [0.29, 0.717) is 5.54 Å². The Balaban J connectivity index is 3.92. The zero-order valence-corrected chi connectivity index (χ0v) is 8.48. The number of rotatable bonds is 4. The molecule has 0 aromatic carbocycles. The molecule has 0 N–H and O–H groups in total. The second-order valence-electron chi connectivity index (χ2n) is 3.87. The van der Waals surface area contributed by atoms with Crippen LogP contribution in [-0.2, 0) is 4.79 Å². The molecule has 0 aromatic heterocycles. The summed E-state index contributed by atoms with van der Waals surface area (Å²) in [6.07, 6.45) is 2.99. The predicted molar refractivity (Wildman–Crippen MR) is 48.1 cm³/mol. The van der Waals surface area contributed by atoms with Crippen molar-refractivity contribution >= 4 is 14.4 Å². The molecular formula is C8H18OSi. The first-order valence-corrected chi connectivity index (χ1v) is 7.53. The molecule has 0 aliphatic rings. The van der Waals surface area contributed by atoms with Gasteiger partial charge in [-0.25, -0.2) is 0 Å². The molecule has 1 nitrogen and oxygen atoms in total. The fourth-order valence-electron chi connectivity index (χ4n) is 1.25. The average Bonchev–Trinajstić information content (AvgIpc) is 1.80. The second-order valence-corrected chi connectivity index (χ2v) is 9.42. The number of carbonyl (C=O) groups excluding carboxylic acids is 1. The molecule has 0 spiro atoms. The monoisotopic (exact) mass is 158 g/mol. The SMILES string of the molecule is CCC(CC=O)[Si](C)(C)C. The van der Waals surface area contributed by atoms with E-state index in [1.54, 1.807) is 0 Å². The van der Waals surface area contributed by atoms with E-state index in [1.807, 2.05) is 0 Å². The third kappa shape index (κ3) is 3.16. The molecule has 0 rings (SSSR count). The molecule has 0 bridgehead atoms. The minimum absolute atomic E-state index is 0.685. The fourth-order valence-corrected chi connectivity index (χ4v) is 3.28. The average molecular weight is 158 g/mol. The Bertz CT molecular complexity index is 104. The van der Waals surface area contributed by atoms with Gasteiger partial charge in [0.15, 0.2) is 0 Å². The highest BCUT2D eigenvalue weighted by atomic mass is 28.3. The summed E-state index contributed by atoms with van der Waals surface area (Å²) in [6.45, 7) is 9.15. The van der Waals surface area contributed by atoms with Gasteiger partial charge >= 0.3 is 0 Å². The Morgan fingerprint density at radius 1 is 1.40 bits per heavy atom. The van der Waals surface area contributed by atoms with Crippen LogP contribution in [0.25, 0.3) is 0 Å². The van der Waals surface area contributed by atoms with Crippen LogP contribution in [-0.4, -0.2) is 14.4 Å². The molecule has 0 radical (unpaired) electrons. The van der Waals surface area contributed by atoms with Crippen LogP contribution in [0.2, 0.25) is 25.2 Å². The van der Waals surface area contributed by atoms with Crippen molar-refractivity contribution in [3.05, 3.63) is 0 Å². The molecule has 0 heterocycles. The van der Waals surface area contributed by atoms with Crippen molar-refractivity contribution in [3.8, 4) is 0 Å². The van der Waals surface area contributed by atoms with Gasteiger partial charge in [-0.15, -0.1) is 0 Å². The first-order chi connectivity index (χ1) is 4.52. The summed E-state index contributed by atoms with van der Waals surface area (Å²) < 4.78 is 0. The number of hydrogen-bond acceptors (Lipinski definition) is 1. The van der Waals surface area contributed by atoms with E-state index in [9.17, 15) is 4.79 Å². The van der Waals surface area contributed by atoms with Gasteiger partial charge in [0.05, 0.1) is 0 Å². The van der Waals surface area contributed by atoms with E-state index >= 15 is 0 Å². The lowest BCUT2D eigenvalue weighted by Gasteiger charge is -2.25. The van der Waals surface area contributed by atoms with Crippen LogP contribution in [0.5, 0.6) is 0 Å². The van der Waals surface area contributed by atoms with Crippen molar-refractivity contribution in [3.63, 3.8) is 0 Å². The molecule has 10 heavy (non-hydrogen) atoms. The van der Waals surface area contributed by atoms with Crippen LogP contribution in [0, 0.1) is 0 Å². The van der Waals surface area contributed by atoms with Gasteiger partial charge in [0.1, 0.15) is 6.29 Å². The van der Waals surface area contributed by atoms with Crippen LogP contribution < -0.4 is 0 Å². The topological polar surface area (TPSA) is 17.1 Å². The van der Waals surface area contributed by atoms with Gasteiger partial charge in [-0.05, 0) is 5.54 Å². The van der Waals surface area contributed by atoms with E-state index in [4.69, 9.17) is 0 Å². The van der Waals surface area contributed by atoms with Crippen molar-refractivity contribution in [2.45, 2.75) is 44.9 Å². The van der Waals surface area contributed by atoms with Crippen molar-refractivity contribution in [1.82, 2.24) is 0 Å². The Morgan fingerprint density at radius 3 is 2.00 bits per heavy atom. The molecule has 2 heteroatoms. The summed E-state index contributed by atoms with van der Waals surface area (Å²) in [4.78, 5) is 10.2. The van der Waals surface area contributed by atoms with Crippen molar-refractivity contribution < 1.29 is 4.79 Å². The molecule has 1 atom stereocenters. The lowest BCUT2D eigenvalue weighted by atomic mass is 10.3. The minimum Gasteiger partial charge on any atom is -0.303 e. The summed E-state index contributed by atoms with van der Waals surface area (Å²) in [6, 6.07) is 0. The van der Waals surface area contributed by atoms with E-state index in [2.05, 4.69) is 26.6 Å². The van der Waals surface area contributed by atoms with Gasteiger partial charge in [0, 0.05) is 14.5 Å². The van der Waals surface area contributed by atoms with Gasteiger partial charge in [-0.2, -0.15) is 0 Å². The fraction of sp³-hybridized carbons (Fsp3) is 0.875. The molecule has 60 valence electrons. The summed E-state index contributed by atoms with van der Waals surface area (Å²) in [5.74, 6) is 0. The summed E-state index contributed by atoms with van der Waals surface area (Å²) in [5.41, 5.74) is 0.685. The Hall–Kier alpha value is -0.113. The molecule has 0 aliphatic heterocycles. The maximum atomic E-state index is 10.2. The Kier molecular flexibility index (Phi) is 3.87. The normalized spacial score (nSPS) is 14.8. The molecule has 0 amide bonds. The van der Waals surface area contributed by atoms with E-state index in [0.717, 1.165) is 19.1 Å². The quantitative estimate of drug-likeness (QED) is 0.454. The van der Waals surface area contributed by atoms with Gasteiger partial charge in [-0.1, -0.05) is 33.0 Å². The maximum Gasteiger partial charge on any atom is 0.119 e. The number of hydrogen-bond donors (Lipinski definition) is 0. The van der Waals surface area contributed by atoms with Crippen LogP contribution in [0.1, 0.15) is 19.8 Å².